The first-order valence-electron chi connectivity index (χ1n) is 4.63. The lowest BCUT2D eigenvalue weighted by Crippen LogP contribution is -2.36. The standard InChI is InChI=1S/C9H18O2/c1-2-3-4-5-6-11-9-7-10-8-9/h9H,2-8H2,1H3. The summed E-state index contributed by atoms with van der Waals surface area (Å²) in [7, 11) is 0. The summed E-state index contributed by atoms with van der Waals surface area (Å²) in [6.45, 7) is 4.77. The van der Waals surface area contributed by atoms with Crippen LogP contribution in [0.5, 0.6) is 0 Å². The van der Waals surface area contributed by atoms with E-state index in [1.807, 2.05) is 0 Å². The highest BCUT2D eigenvalue weighted by Crippen LogP contribution is 2.07. The molecule has 1 rings (SSSR count). The molecule has 0 atom stereocenters. The topological polar surface area (TPSA) is 18.5 Å². The summed E-state index contributed by atoms with van der Waals surface area (Å²) >= 11 is 0. The van der Waals surface area contributed by atoms with Crippen LogP contribution in [0.15, 0.2) is 0 Å². The molecule has 0 radical (unpaired) electrons. The first kappa shape index (κ1) is 9.01. The summed E-state index contributed by atoms with van der Waals surface area (Å²) in [6, 6.07) is 0. The molecule has 0 aliphatic carbocycles. The van der Waals surface area contributed by atoms with Gasteiger partial charge in [0.1, 0.15) is 6.10 Å². The number of unbranched alkanes of at least 4 members (excludes halogenated alkanes) is 3. The van der Waals surface area contributed by atoms with Crippen LogP contribution in [0.25, 0.3) is 0 Å². The molecule has 0 bridgehead atoms. The first-order chi connectivity index (χ1) is 5.43. The van der Waals surface area contributed by atoms with E-state index in [4.69, 9.17) is 9.47 Å². The molecule has 2 nitrogen and oxygen atoms in total. The second-order valence-electron chi connectivity index (χ2n) is 3.09. The van der Waals surface area contributed by atoms with E-state index in [9.17, 15) is 0 Å². The van der Waals surface area contributed by atoms with E-state index in [0.717, 1.165) is 19.8 Å². The third-order valence-electron chi connectivity index (χ3n) is 1.96. The molecule has 1 aliphatic rings. The van der Waals surface area contributed by atoms with Gasteiger partial charge in [-0.3, -0.25) is 0 Å². The molecule has 0 aromatic carbocycles. The number of ether oxygens (including phenoxy) is 2. The average molecular weight is 158 g/mol. The minimum atomic E-state index is 0.414. The zero-order valence-electron chi connectivity index (χ0n) is 7.34. The number of rotatable bonds is 6. The van der Waals surface area contributed by atoms with Gasteiger partial charge in [-0.15, -0.1) is 0 Å². The van der Waals surface area contributed by atoms with Gasteiger partial charge < -0.3 is 9.47 Å². The summed E-state index contributed by atoms with van der Waals surface area (Å²) in [5, 5.41) is 0. The van der Waals surface area contributed by atoms with E-state index in [1.54, 1.807) is 0 Å². The molecule has 0 saturated carbocycles. The van der Waals surface area contributed by atoms with Crippen molar-refractivity contribution in [2.45, 2.75) is 38.7 Å². The smallest absolute Gasteiger partial charge is 0.104 e. The zero-order chi connectivity index (χ0) is 7.94. The van der Waals surface area contributed by atoms with Gasteiger partial charge in [0.15, 0.2) is 0 Å². The van der Waals surface area contributed by atoms with Crippen molar-refractivity contribution < 1.29 is 9.47 Å². The lowest BCUT2D eigenvalue weighted by Gasteiger charge is -2.25. The van der Waals surface area contributed by atoms with Crippen molar-refractivity contribution >= 4 is 0 Å². The van der Waals surface area contributed by atoms with Gasteiger partial charge in [0.05, 0.1) is 13.2 Å². The second-order valence-corrected chi connectivity index (χ2v) is 3.09. The number of hydrogen-bond acceptors (Lipinski definition) is 2. The fourth-order valence-electron chi connectivity index (χ4n) is 1.09. The van der Waals surface area contributed by atoms with Crippen LogP contribution in [0.2, 0.25) is 0 Å². The molecular weight excluding hydrogens is 140 g/mol. The van der Waals surface area contributed by atoms with Crippen LogP contribution < -0.4 is 0 Å². The molecule has 1 heterocycles. The lowest BCUT2D eigenvalue weighted by atomic mass is 10.2. The maximum absolute atomic E-state index is 5.50. The van der Waals surface area contributed by atoms with Crippen LogP contribution in [0.1, 0.15) is 32.6 Å². The van der Waals surface area contributed by atoms with Gasteiger partial charge in [0.25, 0.3) is 0 Å². The zero-order valence-corrected chi connectivity index (χ0v) is 7.34. The van der Waals surface area contributed by atoms with Crippen LogP contribution in [0.4, 0.5) is 0 Å². The minimum Gasteiger partial charge on any atom is -0.376 e. The van der Waals surface area contributed by atoms with Gasteiger partial charge in [-0.1, -0.05) is 26.2 Å². The highest BCUT2D eigenvalue weighted by atomic mass is 16.6. The van der Waals surface area contributed by atoms with E-state index in [1.165, 1.54) is 25.7 Å². The molecule has 66 valence electrons. The van der Waals surface area contributed by atoms with Crippen molar-refractivity contribution in [3.05, 3.63) is 0 Å². The fraction of sp³-hybridized carbons (Fsp3) is 1.00. The van der Waals surface area contributed by atoms with Crippen molar-refractivity contribution in [2.24, 2.45) is 0 Å². The molecule has 1 fully saturated rings. The molecule has 0 unspecified atom stereocenters. The molecule has 0 aromatic heterocycles. The third-order valence-corrected chi connectivity index (χ3v) is 1.96. The molecule has 0 N–H and O–H groups in total. The Kier molecular flexibility index (Phi) is 4.55. The van der Waals surface area contributed by atoms with Gasteiger partial charge in [0, 0.05) is 6.61 Å². The lowest BCUT2D eigenvalue weighted by molar-refractivity contribution is -0.129. The maximum atomic E-state index is 5.50. The van der Waals surface area contributed by atoms with Crippen LogP contribution in [0.3, 0.4) is 0 Å². The summed E-state index contributed by atoms with van der Waals surface area (Å²) in [5.41, 5.74) is 0. The fourth-order valence-corrected chi connectivity index (χ4v) is 1.09. The molecule has 0 amide bonds. The summed E-state index contributed by atoms with van der Waals surface area (Å²) in [6.07, 6.45) is 5.57. The highest BCUT2D eigenvalue weighted by Gasteiger charge is 2.17. The van der Waals surface area contributed by atoms with Crippen LogP contribution >= 0.6 is 0 Å². The highest BCUT2D eigenvalue weighted by molar-refractivity contribution is 4.63. The molecule has 11 heavy (non-hydrogen) atoms. The van der Waals surface area contributed by atoms with Crippen molar-refractivity contribution in [3.63, 3.8) is 0 Å². The Labute approximate surface area is 68.9 Å². The predicted molar refractivity (Wildman–Crippen MR) is 44.7 cm³/mol. The minimum absolute atomic E-state index is 0.414. The molecular formula is C9H18O2. The van der Waals surface area contributed by atoms with Gasteiger partial charge in [0.2, 0.25) is 0 Å². The van der Waals surface area contributed by atoms with Crippen molar-refractivity contribution in [2.75, 3.05) is 19.8 Å². The Morgan fingerprint density at radius 3 is 2.64 bits per heavy atom. The average Bonchev–Trinajstić information content (AvgIpc) is 1.93. The largest absolute Gasteiger partial charge is 0.376 e. The SMILES string of the molecule is CCCCCCOC1COC1. The Balaban J connectivity index is 1.73. The van der Waals surface area contributed by atoms with Gasteiger partial charge in [-0.2, -0.15) is 0 Å². The molecule has 2 heteroatoms. The summed E-state index contributed by atoms with van der Waals surface area (Å²) < 4.78 is 10.5. The molecule has 1 aliphatic heterocycles. The number of hydrogen-bond donors (Lipinski definition) is 0. The van der Waals surface area contributed by atoms with Gasteiger partial charge in [-0.25, -0.2) is 0 Å². The van der Waals surface area contributed by atoms with Gasteiger partial charge in [-0.05, 0) is 6.42 Å². The van der Waals surface area contributed by atoms with E-state index in [2.05, 4.69) is 6.92 Å². The third kappa shape index (κ3) is 3.73. The van der Waals surface area contributed by atoms with E-state index in [0.29, 0.717) is 6.10 Å². The van der Waals surface area contributed by atoms with E-state index >= 15 is 0 Å². The predicted octanol–water partition coefficient (Wildman–Crippen LogP) is 1.98. The van der Waals surface area contributed by atoms with E-state index < -0.39 is 0 Å². The Bertz CT molecular complexity index is 89.6. The second kappa shape index (κ2) is 5.56. The summed E-state index contributed by atoms with van der Waals surface area (Å²) in [4.78, 5) is 0. The van der Waals surface area contributed by atoms with Crippen molar-refractivity contribution in [3.8, 4) is 0 Å². The van der Waals surface area contributed by atoms with Crippen molar-refractivity contribution in [1.29, 1.82) is 0 Å². The molecule has 0 aromatic rings. The van der Waals surface area contributed by atoms with Gasteiger partial charge >= 0.3 is 0 Å². The van der Waals surface area contributed by atoms with Crippen LogP contribution in [0, 0.1) is 0 Å². The first-order valence-corrected chi connectivity index (χ1v) is 4.63. The summed E-state index contributed by atoms with van der Waals surface area (Å²) in [5.74, 6) is 0. The van der Waals surface area contributed by atoms with Crippen LogP contribution in [-0.4, -0.2) is 25.9 Å². The normalized spacial score (nSPS) is 18.3. The Morgan fingerprint density at radius 2 is 2.09 bits per heavy atom. The quantitative estimate of drug-likeness (QED) is 0.550. The monoisotopic (exact) mass is 158 g/mol. The Morgan fingerprint density at radius 1 is 1.27 bits per heavy atom. The molecule has 0 spiro atoms. The van der Waals surface area contributed by atoms with E-state index in [-0.39, 0.29) is 0 Å². The van der Waals surface area contributed by atoms with Crippen LogP contribution in [-0.2, 0) is 9.47 Å². The Hall–Kier alpha value is -0.0800. The molecule has 1 saturated heterocycles. The maximum Gasteiger partial charge on any atom is 0.104 e. The van der Waals surface area contributed by atoms with Crippen molar-refractivity contribution in [1.82, 2.24) is 0 Å².